The van der Waals surface area contributed by atoms with E-state index in [9.17, 15) is 0 Å². The molecule has 0 saturated carbocycles. The Labute approximate surface area is 349 Å². The Morgan fingerprint density at radius 1 is 0.267 bits per heavy atom. The van der Waals surface area contributed by atoms with Crippen LogP contribution in [0.4, 0.5) is 17.1 Å². The number of nitrogens with zero attached hydrogens (tertiary/aromatic N) is 1. The fraction of sp³-hybridized carbons (Fsp3) is 0. The van der Waals surface area contributed by atoms with Crippen LogP contribution in [0.1, 0.15) is 0 Å². The van der Waals surface area contributed by atoms with E-state index >= 15 is 0 Å². The molecule has 0 fully saturated rings. The zero-order valence-electron chi connectivity index (χ0n) is 32.9. The van der Waals surface area contributed by atoms with Crippen molar-refractivity contribution in [1.82, 2.24) is 0 Å². The summed E-state index contributed by atoms with van der Waals surface area (Å²) in [6.07, 6.45) is 0. The van der Waals surface area contributed by atoms with E-state index in [2.05, 4.69) is 235 Å². The molecule has 0 saturated heterocycles. The summed E-state index contributed by atoms with van der Waals surface area (Å²) in [6, 6.07) is 84.9. The number of anilines is 3. The summed E-state index contributed by atoms with van der Waals surface area (Å²) in [6.45, 7) is 0. The van der Waals surface area contributed by atoms with E-state index in [4.69, 9.17) is 4.42 Å². The van der Waals surface area contributed by atoms with Crippen molar-refractivity contribution in [2.75, 3.05) is 4.90 Å². The first-order valence-corrected chi connectivity index (χ1v) is 20.5. The molecule has 0 unspecified atom stereocenters. The lowest BCUT2D eigenvalue weighted by Crippen LogP contribution is -2.10. The highest BCUT2D eigenvalue weighted by molar-refractivity contribution is 6.11. The van der Waals surface area contributed by atoms with E-state index in [1.807, 2.05) is 6.07 Å². The van der Waals surface area contributed by atoms with Crippen LogP contribution in [-0.2, 0) is 0 Å². The van der Waals surface area contributed by atoms with E-state index in [1.165, 1.54) is 44.2 Å². The number of hydrogen-bond donors (Lipinski definition) is 0. The third-order valence-electron chi connectivity index (χ3n) is 11.7. The Bertz CT molecular complexity index is 3290. The minimum Gasteiger partial charge on any atom is -0.455 e. The van der Waals surface area contributed by atoms with Crippen LogP contribution in [-0.4, -0.2) is 0 Å². The number of fused-ring (bicyclic) bond motifs is 4. The standard InChI is InChI=1S/C58H39NO/c1-4-16-42(17-5-1)50-35-33-48(38-55(50)43-18-6-2-7-19-43)59(47-31-29-41(30-32-47)46-28-27-40-15-10-11-22-45(40)37-46)49-34-36-51(56(39-49)44-20-8-3-9-21-44)53-24-14-25-54-52-23-12-13-26-57(52)60-58(53)54/h1-39H. The van der Waals surface area contributed by atoms with Crippen molar-refractivity contribution in [3.63, 3.8) is 0 Å². The van der Waals surface area contributed by atoms with E-state index in [0.717, 1.165) is 61.3 Å². The van der Waals surface area contributed by atoms with Gasteiger partial charge in [0.1, 0.15) is 11.2 Å². The first kappa shape index (κ1) is 35.2. The van der Waals surface area contributed by atoms with Gasteiger partial charge in [-0.1, -0.05) is 188 Å². The van der Waals surface area contributed by atoms with Crippen LogP contribution in [0.3, 0.4) is 0 Å². The van der Waals surface area contributed by atoms with Gasteiger partial charge in [0.2, 0.25) is 0 Å². The molecule has 0 N–H and O–H groups in total. The highest BCUT2D eigenvalue weighted by atomic mass is 16.3. The van der Waals surface area contributed by atoms with E-state index in [0.29, 0.717) is 0 Å². The molecule has 2 nitrogen and oxygen atoms in total. The van der Waals surface area contributed by atoms with Gasteiger partial charge in [-0.15, -0.1) is 0 Å². The van der Waals surface area contributed by atoms with Crippen molar-refractivity contribution >= 4 is 49.8 Å². The van der Waals surface area contributed by atoms with Crippen molar-refractivity contribution < 1.29 is 4.42 Å². The fourth-order valence-corrected chi connectivity index (χ4v) is 8.74. The summed E-state index contributed by atoms with van der Waals surface area (Å²) in [5.74, 6) is 0. The molecule has 0 aliphatic heterocycles. The lowest BCUT2D eigenvalue weighted by molar-refractivity contribution is 0.670. The van der Waals surface area contributed by atoms with Crippen molar-refractivity contribution in [1.29, 1.82) is 0 Å². The maximum absolute atomic E-state index is 6.61. The molecular weight excluding hydrogens is 727 g/mol. The van der Waals surface area contributed by atoms with Crippen LogP contribution in [0.15, 0.2) is 241 Å². The molecule has 0 spiro atoms. The van der Waals surface area contributed by atoms with E-state index in [1.54, 1.807) is 0 Å². The van der Waals surface area contributed by atoms with E-state index in [-0.39, 0.29) is 0 Å². The molecule has 60 heavy (non-hydrogen) atoms. The number of hydrogen-bond acceptors (Lipinski definition) is 2. The van der Waals surface area contributed by atoms with Gasteiger partial charge in [-0.2, -0.15) is 0 Å². The van der Waals surface area contributed by atoms with Gasteiger partial charge in [-0.05, 0) is 109 Å². The normalized spacial score (nSPS) is 11.3. The van der Waals surface area contributed by atoms with Crippen molar-refractivity contribution in [2.24, 2.45) is 0 Å². The average Bonchev–Trinajstić information content (AvgIpc) is 3.72. The zero-order valence-corrected chi connectivity index (χ0v) is 32.9. The second kappa shape index (κ2) is 15.1. The molecule has 10 aromatic carbocycles. The van der Waals surface area contributed by atoms with Crippen molar-refractivity contribution in [2.45, 2.75) is 0 Å². The lowest BCUT2D eigenvalue weighted by atomic mass is 9.92. The molecular formula is C58H39NO. The summed E-state index contributed by atoms with van der Waals surface area (Å²) >= 11 is 0. The molecule has 11 rings (SSSR count). The average molecular weight is 766 g/mol. The molecule has 0 amide bonds. The van der Waals surface area contributed by atoms with Crippen LogP contribution in [0.25, 0.3) is 88.3 Å². The molecule has 2 heteroatoms. The van der Waals surface area contributed by atoms with Gasteiger partial charge in [-0.25, -0.2) is 0 Å². The predicted octanol–water partition coefficient (Wildman–Crippen LogP) is 16.5. The summed E-state index contributed by atoms with van der Waals surface area (Å²) in [5, 5.41) is 4.72. The molecule has 1 aromatic heterocycles. The monoisotopic (exact) mass is 765 g/mol. The highest BCUT2D eigenvalue weighted by Gasteiger charge is 2.21. The lowest BCUT2D eigenvalue weighted by Gasteiger charge is -2.28. The number of furan rings is 1. The molecule has 0 radical (unpaired) electrons. The molecule has 0 aliphatic carbocycles. The molecule has 0 aliphatic rings. The third kappa shape index (κ3) is 6.41. The van der Waals surface area contributed by atoms with Crippen LogP contribution in [0, 0.1) is 0 Å². The molecule has 282 valence electrons. The second-order valence-electron chi connectivity index (χ2n) is 15.3. The summed E-state index contributed by atoms with van der Waals surface area (Å²) in [5.41, 5.74) is 16.5. The largest absolute Gasteiger partial charge is 0.455 e. The number of rotatable bonds is 8. The molecule has 0 bridgehead atoms. The summed E-state index contributed by atoms with van der Waals surface area (Å²) in [4.78, 5) is 2.39. The maximum Gasteiger partial charge on any atom is 0.143 e. The summed E-state index contributed by atoms with van der Waals surface area (Å²) in [7, 11) is 0. The third-order valence-corrected chi connectivity index (χ3v) is 11.7. The number of benzene rings is 10. The first-order valence-electron chi connectivity index (χ1n) is 20.5. The Morgan fingerprint density at radius 3 is 1.47 bits per heavy atom. The van der Waals surface area contributed by atoms with Gasteiger partial charge in [0.25, 0.3) is 0 Å². The van der Waals surface area contributed by atoms with Gasteiger partial charge in [0.05, 0.1) is 0 Å². The van der Waals surface area contributed by atoms with Gasteiger partial charge in [0, 0.05) is 33.4 Å². The highest BCUT2D eigenvalue weighted by Crippen LogP contribution is 2.45. The number of para-hydroxylation sites is 2. The van der Waals surface area contributed by atoms with Crippen LogP contribution in [0.2, 0.25) is 0 Å². The Hall–Kier alpha value is -7.94. The molecule has 0 atom stereocenters. The van der Waals surface area contributed by atoms with Gasteiger partial charge >= 0.3 is 0 Å². The Kier molecular flexibility index (Phi) is 8.87. The molecule has 1 heterocycles. The van der Waals surface area contributed by atoms with Gasteiger partial charge < -0.3 is 9.32 Å². The van der Waals surface area contributed by atoms with Crippen LogP contribution in [0.5, 0.6) is 0 Å². The van der Waals surface area contributed by atoms with Crippen LogP contribution >= 0.6 is 0 Å². The summed E-state index contributed by atoms with van der Waals surface area (Å²) < 4.78 is 6.61. The topological polar surface area (TPSA) is 16.4 Å². The van der Waals surface area contributed by atoms with E-state index < -0.39 is 0 Å². The maximum atomic E-state index is 6.61. The predicted molar refractivity (Wildman–Crippen MR) is 253 cm³/mol. The van der Waals surface area contributed by atoms with Crippen molar-refractivity contribution in [3.8, 4) is 55.6 Å². The van der Waals surface area contributed by atoms with Gasteiger partial charge in [0.15, 0.2) is 0 Å². The van der Waals surface area contributed by atoms with Crippen molar-refractivity contribution in [3.05, 3.63) is 237 Å². The minimum atomic E-state index is 0.893. The zero-order chi connectivity index (χ0) is 39.8. The fourth-order valence-electron chi connectivity index (χ4n) is 8.74. The SMILES string of the molecule is c1ccc(-c2ccc(N(c3ccc(-c4ccc5ccccc5c4)cc3)c3ccc(-c4cccc5c4oc4ccccc45)c(-c4ccccc4)c3)cc2-c2ccccc2)cc1. The van der Waals surface area contributed by atoms with Gasteiger partial charge in [-0.3, -0.25) is 0 Å². The van der Waals surface area contributed by atoms with Crippen LogP contribution < -0.4 is 4.90 Å². The minimum absolute atomic E-state index is 0.893. The smallest absolute Gasteiger partial charge is 0.143 e. The first-order chi connectivity index (χ1) is 29.7. The quantitative estimate of drug-likeness (QED) is 0.153. The second-order valence-corrected chi connectivity index (χ2v) is 15.3. The Balaban J connectivity index is 1.11. The Morgan fingerprint density at radius 2 is 0.783 bits per heavy atom. The molecule has 11 aromatic rings.